The Kier molecular flexibility index (Phi) is 4.23. The Balaban J connectivity index is 1.90. The smallest absolute Gasteiger partial charge is 0.273 e. The van der Waals surface area contributed by atoms with E-state index in [0.29, 0.717) is 11.1 Å². The Morgan fingerprint density at radius 1 is 1.29 bits per heavy atom. The third-order valence-corrected chi connectivity index (χ3v) is 3.98. The molecule has 1 aliphatic heterocycles. The second kappa shape index (κ2) is 6.34. The van der Waals surface area contributed by atoms with E-state index >= 15 is 0 Å². The van der Waals surface area contributed by atoms with Crippen molar-refractivity contribution < 1.29 is 18.7 Å². The van der Waals surface area contributed by atoms with E-state index in [1.54, 1.807) is 0 Å². The molecular formula is C17H13F2N3O2. The molecule has 1 fully saturated rings. The van der Waals surface area contributed by atoms with Gasteiger partial charge in [-0.1, -0.05) is 6.07 Å². The van der Waals surface area contributed by atoms with Crippen molar-refractivity contribution in [3.63, 3.8) is 0 Å². The van der Waals surface area contributed by atoms with E-state index < -0.39 is 29.7 Å². The Hall–Kier alpha value is -2.85. The van der Waals surface area contributed by atoms with E-state index in [1.807, 2.05) is 6.07 Å². The van der Waals surface area contributed by atoms with Crippen LogP contribution in [0.3, 0.4) is 0 Å². The number of aliphatic hydroxyl groups excluding tert-OH is 1. The highest BCUT2D eigenvalue weighted by molar-refractivity contribution is 5.93. The van der Waals surface area contributed by atoms with Crippen LogP contribution in [0.4, 0.5) is 8.78 Å². The van der Waals surface area contributed by atoms with Crippen LogP contribution in [0.2, 0.25) is 0 Å². The summed E-state index contributed by atoms with van der Waals surface area (Å²) >= 11 is 0. The minimum absolute atomic E-state index is 0.0736. The van der Waals surface area contributed by atoms with Gasteiger partial charge >= 0.3 is 0 Å². The van der Waals surface area contributed by atoms with Crippen LogP contribution in [0.5, 0.6) is 0 Å². The number of pyridine rings is 1. The zero-order chi connectivity index (χ0) is 17.3. The van der Waals surface area contributed by atoms with Gasteiger partial charge in [0.05, 0.1) is 17.7 Å². The number of halogens is 2. The molecular weight excluding hydrogens is 316 g/mol. The van der Waals surface area contributed by atoms with Crippen LogP contribution in [-0.4, -0.2) is 33.5 Å². The van der Waals surface area contributed by atoms with Crippen molar-refractivity contribution in [3.05, 3.63) is 65.0 Å². The predicted octanol–water partition coefficient (Wildman–Crippen LogP) is 2.18. The number of hydrogen-bond acceptors (Lipinski definition) is 4. The van der Waals surface area contributed by atoms with Crippen LogP contribution >= 0.6 is 0 Å². The van der Waals surface area contributed by atoms with Crippen LogP contribution in [0.1, 0.15) is 34.1 Å². The highest BCUT2D eigenvalue weighted by Crippen LogP contribution is 2.33. The maximum absolute atomic E-state index is 13.5. The van der Waals surface area contributed by atoms with Crippen molar-refractivity contribution in [2.24, 2.45) is 0 Å². The molecule has 1 N–H and O–H groups in total. The number of rotatable bonds is 2. The summed E-state index contributed by atoms with van der Waals surface area (Å²) in [7, 11) is 0. The molecule has 0 saturated carbocycles. The first kappa shape index (κ1) is 16.0. The average molecular weight is 329 g/mol. The van der Waals surface area contributed by atoms with Crippen LogP contribution in [0.15, 0.2) is 36.5 Å². The molecule has 0 aliphatic carbocycles. The normalized spacial score (nSPS) is 20.0. The van der Waals surface area contributed by atoms with Crippen LogP contribution < -0.4 is 0 Å². The lowest BCUT2D eigenvalue weighted by atomic mass is 10.0. The molecule has 0 spiro atoms. The van der Waals surface area contributed by atoms with Crippen molar-refractivity contribution in [1.82, 2.24) is 9.88 Å². The van der Waals surface area contributed by atoms with Crippen molar-refractivity contribution >= 4 is 5.91 Å². The summed E-state index contributed by atoms with van der Waals surface area (Å²) in [5.41, 5.74) is 0.855. The van der Waals surface area contributed by atoms with E-state index in [2.05, 4.69) is 4.98 Å². The molecule has 0 radical (unpaired) electrons. The van der Waals surface area contributed by atoms with Crippen molar-refractivity contribution in [3.8, 4) is 6.07 Å². The molecule has 1 amide bonds. The van der Waals surface area contributed by atoms with Gasteiger partial charge in [0, 0.05) is 12.7 Å². The topological polar surface area (TPSA) is 77.2 Å². The van der Waals surface area contributed by atoms with Gasteiger partial charge in [0.15, 0.2) is 11.6 Å². The number of carbonyl (C=O) groups is 1. The summed E-state index contributed by atoms with van der Waals surface area (Å²) in [6.07, 6.45) is 0.754. The lowest BCUT2D eigenvalue weighted by Gasteiger charge is -2.24. The SMILES string of the molecule is N#Cc1ccc(C(=O)N2C[C@H](O)C[C@@H]2c2ccc(F)c(F)c2)nc1. The van der Waals surface area contributed by atoms with Gasteiger partial charge in [0.1, 0.15) is 11.8 Å². The first-order valence-electron chi connectivity index (χ1n) is 7.29. The zero-order valence-electron chi connectivity index (χ0n) is 12.5. The number of carbonyl (C=O) groups excluding carboxylic acids is 1. The van der Waals surface area contributed by atoms with Gasteiger partial charge in [-0.25, -0.2) is 13.8 Å². The fraction of sp³-hybridized carbons (Fsp3) is 0.235. The molecule has 1 saturated heterocycles. The summed E-state index contributed by atoms with van der Waals surface area (Å²) in [5.74, 6) is -2.41. The Labute approximate surface area is 136 Å². The van der Waals surface area contributed by atoms with Gasteiger partial charge in [0.25, 0.3) is 5.91 Å². The number of amides is 1. The van der Waals surface area contributed by atoms with E-state index in [0.717, 1.165) is 12.1 Å². The Bertz CT molecular complexity index is 818. The van der Waals surface area contributed by atoms with E-state index in [-0.39, 0.29) is 18.7 Å². The number of aromatic nitrogens is 1. The van der Waals surface area contributed by atoms with Gasteiger partial charge in [0.2, 0.25) is 0 Å². The maximum Gasteiger partial charge on any atom is 0.273 e. The molecule has 1 aromatic heterocycles. The predicted molar refractivity (Wildman–Crippen MR) is 79.7 cm³/mol. The molecule has 2 atom stereocenters. The fourth-order valence-electron chi connectivity index (χ4n) is 2.81. The number of likely N-dealkylation sites (tertiary alicyclic amines) is 1. The number of aliphatic hydroxyl groups is 1. The van der Waals surface area contributed by atoms with Gasteiger partial charge in [-0.3, -0.25) is 4.79 Å². The molecule has 0 bridgehead atoms. The number of nitrogens with zero attached hydrogens (tertiary/aromatic N) is 3. The maximum atomic E-state index is 13.5. The van der Waals surface area contributed by atoms with Crippen molar-refractivity contribution in [1.29, 1.82) is 5.26 Å². The van der Waals surface area contributed by atoms with Crippen molar-refractivity contribution in [2.45, 2.75) is 18.6 Å². The third-order valence-electron chi connectivity index (χ3n) is 3.98. The lowest BCUT2D eigenvalue weighted by molar-refractivity contribution is 0.0709. The average Bonchev–Trinajstić information content (AvgIpc) is 2.98. The van der Waals surface area contributed by atoms with E-state index in [9.17, 15) is 18.7 Å². The highest BCUT2D eigenvalue weighted by atomic mass is 19.2. The summed E-state index contributed by atoms with van der Waals surface area (Å²) in [6.45, 7) is 0.0736. The standard InChI is InChI=1S/C17H13F2N3O2/c18-13-3-2-11(5-14(13)19)16-6-12(23)9-22(16)17(24)15-4-1-10(7-20)8-21-15/h1-5,8,12,16,23H,6,9H2/t12-,16-/m1/s1. The molecule has 24 heavy (non-hydrogen) atoms. The minimum atomic E-state index is -1.00. The molecule has 2 heterocycles. The third kappa shape index (κ3) is 2.96. The first-order chi connectivity index (χ1) is 11.5. The molecule has 0 unspecified atom stereocenters. The van der Waals surface area contributed by atoms with Gasteiger partial charge in [-0.15, -0.1) is 0 Å². The number of hydrogen-bond donors (Lipinski definition) is 1. The van der Waals surface area contributed by atoms with Crippen LogP contribution in [-0.2, 0) is 0 Å². The van der Waals surface area contributed by atoms with Crippen LogP contribution in [0, 0.1) is 23.0 Å². The monoisotopic (exact) mass is 329 g/mol. The highest BCUT2D eigenvalue weighted by Gasteiger charge is 2.36. The van der Waals surface area contributed by atoms with Crippen LogP contribution in [0.25, 0.3) is 0 Å². The van der Waals surface area contributed by atoms with Gasteiger partial charge in [-0.2, -0.15) is 5.26 Å². The first-order valence-corrected chi connectivity index (χ1v) is 7.29. The summed E-state index contributed by atoms with van der Waals surface area (Å²) in [4.78, 5) is 18.0. The number of β-amino-alcohol motifs (C(OH)–C–C–N with tert-alkyl or cyclic N) is 1. The summed E-state index contributed by atoms with van der Waals surface area (Å²) in [5, 5.41) is 18.7. The fourth-order valence-corrected chi connectivity index (χ4v) is 2.81. The number of benzene rings is 1. The van der Waals surface area contributed by atoms with Gasteiger partial charge in [-0.05, 0) is 36.2 Å². The number of nitriles is 1. The van der Waals surface area contributed by atoms with E-state index in [1.165, 1.54) is 29.3 Å². The lowest BCUT2D eigenvalue weighted by Crippen LogP contribution is -2.32. The molecule has 3 rings (SSSR count). The Morgan fingerprint density at radius 3 is 2.71 bits per heavy atom. The summed E-state index contributed by atoms with van der Waals surface area (Å²) < 4.78 is 26.6. The second-order valence-corrected chi connectivity index (χ2v) is 5.58. The molecule has 1 aromatic carbocycles. The van der Waals surface area contributed by atoms with Crippen molar-refractivity contribution in [2.75, 3.05) is 6.54 Å². The zero-order valence-corrected chi connectivity index (χ0v) is 12.5. The molecule has 122 valence electrons. The largest absolute Gasteiger partial charge is 0.391 e. The minimum Gasteiger partial charge on any atom is -0.391 e. The van der Waals surface area contributed by atoms with E-state index in [4.69, 9.17) is 5.26 Å². The van der Waals surface area contributed by atoms with Gasteiger partial charge < -0.3 is 10.0 Å². The Morgan fingerprint density at radius 2 is 2.08 bits per heavy atom. The quantitative estimate of drug-likeness (QED) is 0.916. The summed E-state index contributed by atoms with van der Waals surface area (Å²) in [6, 6.07) is 7.66. The molecule has 7 heteroatoms. The second-order valence-electron chi connectivity index (χ2n) is 5.58. The molecule has 5 nitrogen and oxygen atoms in total. The molecule has 2 aromatic rings. The molecule has 1 aliphatic rings.